The summed E-state index contributed by atoms with van der Waals surface area (Å²) in [5.74, 6) is 1.57. The molecule has 0 unspecified atom stereocenters. The number of carbonyl (C=O) groups is 2. The lowest BCUT2D eigenvalue weighted by Crippen LogP contribution is -2.52. The molecule has 0 saturated carbocycles. The first-order valence-corrected chi connectivity index (χ1v) is 11.9. The zero-order valence-corrected chi connectivity index (χ0v) is 19.5. The lowest BCUT2D eigenvalue weighted by Gasteiger charge is -2.39. The van der Waals surface area contributed by atoms with Gasteiger partial charge < -0.3 is 19.7 Å². The van der Waals surface area contributed by atoms with Gasteiger partial charge in [0.2, 0.25) is 5.91 Å². The Bertz CT molecular complexity index is 954. The maximum Gasteiger partial charge on any atom is 0.324 e. The van der Waals surface area contributed by atoms with Crippen LogP contribution in [0.3, 0.4) is 0 Å². The monoisotopic (exact) mass is 451 g/mol. The van der Waals surface area contributed by atoms with Gasteiger partial charge in [0.15, 0.2) is 0 Å². The highest BCUT2D eigenvalue weighted by Crippen LogP contribution is 2.34. The van der Waals surface area contributed by atoms with E-state index in [1.165, 1.54) is 0 Å². The van der Waals surface area contributed by atoms with Gasteiger partial charge in [-0.15, -0.1) is 0 Å². The molecule has 0 aromatic heterocycles. The molecule has 176 valence electrons. The van der Waals surface area contributed by atoms with Gasteiger partial charge in [0.05, 0.1) is 18.8 Å². The number of ether oxygens (including phenoxy) is 2. The molecule has 0 bridgehead atoms. The predicted octanol–water partition coefficient (Wildman–Crippen LogP) is 4.21. The standard InChI is InChI=1S/C26H33N3O4/c1-3-16-32-22-10-8-20(9-11-22)17-27-25(30)21-12-14-28(15-13-21)26(31)29-18-19(2)33-24-7-5-4-6-23(24)29/h4-11,19,21H,3,12-18H2,1-2H3,(H,27,30)/t19-/m0/s1. The quantitative estimate of drug-likeness (QED) is 0.714. The summed E-state index contributed by atoms with van der Waals surface area (Å²) in [4.78, 5) is 29.6. The number of nitrogens with zero attached hydrogens (tertiary/aromatic N) is 2. The Morgan fingerprint density at radius 1 is 1.09 bits per heavy atom. The van der Waals surface area contributed by atoms with Gasteiger partial charge in [0.25, 0.3) is 0 Å². The van der Waals surface area contributed by atoms with Crippen LogP contribution in [0.1, 0.15) is 38.7 Å². The second-order valence-electron chi connectivity index (χ2n) is 8.76. The lowest BCUT2D eigenvalue weighted by molar-refractivity contribution is -0.126. The van der Waals surface area contributed by atoms with Crippen LogP contribution in [0.5, 0.6) is 11.5 Å². The molecule has 3 amide bonds. The van der Waals surface area contributed by atoms with E-state index in [1.54, 1.807) is 4.90 Å². The number of likely N-dealkylation sites (tertiary alicyclic amines) is 1. The first-order chi connectivity index (χ1) is 16.0. The Balaban J connectivity index is 1.26. The van der Waals surface area contributed by atoms with E-state index in [4.69, 9.17) is 9.47 Å². The number of rotatable bonds is 6. The number of hydrogen-bond donors (Lipinski definition) is 1. The van der Waals surface area contributed by atoms with E-state index < -0.39 is 0 Å². The third-order valence-corrected chi connectivity index (χ3v) is 6.15. The van der Waals surface area contributed by atoms with Crippen LogP contribution in [-0.2, 0) is 11.3 Å². The maximum absolute atomic E-state index is 13.2. The van der Waals surface area contributed by atoms with Crippen LogP contribution < -0.4 is 19.7 Å². The number of piperidine rings is 1. The van der Waals surface area contributed by atoms with Crippen LogP contribution in [0, 0.1) is 5.92 Å². The molecule has 1 fully saturated rings. The summed E-state index contributed by atoms with van der Waals surface area (Å²) in [5.41, 5.74) is 1.85. The second kappa shape index (κ2) is 10.6. The Morgan fingerprint density at radius 3 is 2.55 bits per heavy atom. The third kappa shape index (κ3) is 5.59. The summed E-state index contributed by atoms with van der Waals surface area (Å²) < 4.78 is 11.5. The van der Waals surface area contributed by atoms with Crippen LogP contribution in [0.15, 0.2) is 48.5 Å². The molecule has 1 atom stereocenters. The van der Waals surface area contributed by atoms with Crippen molar-refractivity contribution in [3.8, 4) is 11.5 Å². The molecule has 2 heterocycles. The van der Waals surface area contributed by atoms with Crippen LogP contribution >= 0.6 is 0 Å². The van der Waals surface area contributed by atoms with E-state index in [0.29, 0.717) is 45.6 Å². The number of carbonyl (C=O) groups excluding carboxylic acids is 2. The van der Waals surface area contributed by atoms with Gasteiger partial charge in [-0.2, -0.15) is 0 Å². The van der Waals surface area contributed by atoms with Crippen molar-refractivity contribution >= 4 is 17.6 Å². The van der Waals surface area contributed by atoms with Crippen LogP contribution in [0.25, 0.3) is 0 Å². The van der Waals surface area contributed by atoms with Gasteiger partial charge in [0, 0.05) is 25.6 Å². The molecule has 0 aliphatic carbocycles. The van der Waals surface area contributed by atoms with Crippen molar-refractivity contribution in [3.63, 3.8) is 0 Å². The van der Waals surface area contributed by atoms with Gasteiger partial charge in [0.1, 0.15) is 17.6 Å². The normalized spacial score (nSPS) is 18.3. The minimum atomic E-state index is -0.0721. The Morgan fingerprint density at radius 2 is 1.82 bits per heavy atom. The fourth-order valence-corrected chi connectivity index (χ4v) is 4.33. The Labute approximate surface area is 195 Å². The van der Waals surface area contributed by atoms with Crippen LogP contribution in [-0.4, -0.2) is 49.2 Å². The molecule has 2 aliphatic heterocycles. The molecule has 2 aromatic carbocycles. The van der Waals surface area contributed by atoms with Gasteiger partial charge in [-0.25, -0.2) is 4.79 Å². The van der Waals surface area contributed by atoms with Crippen molar-refractivity contribution < 1.29 is 19.1 Å². The smallest absolute Gasteiger partial charge is 0.324 e. The molecular weight excluding hydrogens is 418 g/mol. The predicted molar refractivity (Wildman–Crippen MR) is 128 cm³/mol. The van der Waals surface area contributed by atoms with E-state index in [2.05, 4.69) is 12.2 Å². The van der Waals surface area contributed by atoms with Gasteiger partial charge >= 0.3 is 6.03 Å². The van der Waals surface area contributed by atoms with Gasteiger partial charge in [-0.1, -0.05) is 31.2 Å². The zero-order chi connectivity index (χ0) is 23.2. The fraction of sp³-hybridized carbons (Fsp3) is 0.462. The minimum absolute atomic E-state index is 0.0122. The molecule has 0 radical (unpaired) electrons. The molecule has 7 heteroatoms. The molecule has 4 rings (SSSR count). The summed E-state index contributed by atoms with van der Waals surface area (Å²) in [6.07, 6.45) is 2.26. The molecule has 1 N–H and O–H groups in total. The van der Waals surface area contributed by atoms with Gasteiger partial charge in [-0.3, -0.25) is 9.69 Å². The van der Waals surface area contributed by atoms with E-state index in [9.17, 15) is 9.59 Å². The second-order valence-corrected chi connectivity index (χ2v) is 8.76. The third-order valence-electron chi connectivity index (χ3n) is 6.15. The maximum atomic E-state index is 13.2. The lowest BCUT2D eigenvalue weighted by atomic mass is 9.96. The molecule has 33 heavy (non-hydrogen) atoms. The van der Waals surface area contributed by atoms with Crippen molar-refractivity contribution in [2.75, 3.05) is 31.1 Å². The summed E-state index contributed by atoms with van der Waals surface area (Å²) in [5, 5.41) is 3.05. The Kier molecular flexibility index (Phi) is 7.37. The highest BCUT2D eigenvalue weighted by Gasteiger charge is 2.33. The molecule has 2 aliphatic rings. The minimum Gasteiger partial charge on any atom is -0.494 e. The number of benzene rings is 2. The number of urea groups is 1. The number of fused-ring (bicyclic) bond motifs is 1. The average molecular weight is 452 g/mol. The first-order valence-electron chi connectivity index (χ1n) is 11.9. The van der Waals surface area contributed by atoms with Crippen molar-refractivity contribution in [2.24, 2.45) is 5.92 Å². The van der Waals surface area contributed by atoms with E-state index in [0.717, 1.165) is 29.2 Å². The van der Waals surface area contributed by atoms with Crippen molar-refractivity contribution in [1.82, 2.24) is 10.2 Å². The molecule has 2 aromatic rings. The SMILES string of the molecule is CCCOc1ccc(CNC(=O)C2CCN(C(=O)N3C[C@H](C)Oc4ccccc43)CC2)cc1. The summed E-state index contributed by atoms with van der Waals surface area (Å²) in [6.45, 7) is 6.93. The average Bonchev–Trinajstić information content (AvgIpc) is 2.85. The van der Waals surface area contributed by atoms with E-state index >= 15 is 0 Å². The number of para-hydroxylation sites is 2. The molecule has 7 nitrogen and oxygen atoms in total. The highest BCUT2D eigenvalue weighted by molar-refractivity contribution is 5.94. The number of anilines is 1. The molecular formula is C26H33N3O4. The van der Waals surface area contributed by atoms with Crippen molar-refractivity contribution in [1.29, 1.82) is 0 Å². The number of amides is 3. The number of nitrogens with one attached hydrogen (secondary N) is 1. The van der Waals surface area contributed by atoms with Crippen LogP contribution in [0.2, 0.25) is 0 Å². The topological polar surface area (TPSA) is 71.1 Å². The summed E-state index contributed by atoms with van der Waals surface area (Å²) >= 11 is 0. The Hall–Kier alpha value is -3.22. The van der Waals surface area contributed by atoms with Gasteiger partial charge in [-0.05, 0) is 56.0 Å². The fourth-order valence-electron chi connectivity index (χ4n) is 4.33. The zero-order valence-electron chi connectivity index (χ0n) is 19.5. The first kappa shape index (κ1) is 23.0. The number of hydrogen-bond acceptors (Lipinski definition) is 4. The molecule has 1 saturated heterocycles. The van der Waals surface area contributed by atoms with Crippen molar-refractivity contribution in [2.45, 2.75) is 45.8 Å². The van der Waals surface area contributed by atoms with E-state index in [1.807, 2.05) is 60.4 Å². The highest BCUT2D eigenvalue weighted by atomic mass is 16.5. The van der Waals surface area contributed by atoms with Crippen molar-refractivity contribution in [3.05, 3.63) is 54.1 Å². The molecule has 0 spiro atoms. The summed E-state index contributed by atoms with van der Waals surface area (Å²) in [7, 11) is 0. The van der Waals surface area contributed by atoms with E-state index in [-0.39, 0.29) is 24.0 Å². The summed E-state index contributed by atoms with van der Waals surface area (Å²) in [6, 6.07) is 15.5. The van der Waals surface area contributed by atoms with Crippen LogP contribution in [0.4, 0.5) is 10.5 Å². The largest absolute Gasteiger partial charge is 0.494 e.